The normalized spacial score (nSPS) is 13.8. The lowest BCUT2D eigenvalue weighted by molar-refractivity contribution is -0.144. The van der Waals surface area contributed by atoms with Crippen LogP contribution in [0.3, 0.4) is 0 Å². The van der Waals surface area contributed by atoms with Gasteiger partial charge < -0.3 is 24.3 Å². The van der Waals surface area contributed by atoms with E-state index in [2.05, 4.69) is 10.1 Å². The number of carbonyl (C=O) groups excluding carboxylic acids is 4. The van der Waals surface area contributed by atoms with Gasteiger partial charge in [0.1, 0.15) is 0 Å². The quantitative estimate of drug-likeness (QED) is 0.623. The Morgan fingerprint density at radius 3 is 2.29 bits per heavy atom. The minimum absolute atomic E-state index is 0.153. The van der Waals surface area contributed by atoms with Gasteiger partial charge in [-0.05, 0) is 24.3 Å². The van der Waals surface area contributed by atoms with Gasteiger partial charge in [-0.2, -0.15) is 0 Å². The highest BCUT2D eigenvalue weighted by molar-refractivity contribution is 6.39. The van der Waals surface area contributed by atoms with E-state index < -0.39 is 17.8 Å². The fourth-order valence-electron chi connectivity index (χ4n) is 2.87. The van der Waals surface area contributed by atoms with Crippen molar-refractivity contribution in [3.05, 3.63) is 54.0 Å². The molecule has 1 saturated heterocycles. The summed E-state index contributed by atoms with van der Waals surface area (Å²) in [4.78, 5) is 51.7. The first-order valence-electron chi connectivity index (χ1n) is 8.61. The number of piperazine rings is 1. The SMILES string of the molecule is COC(=O)c1ccccc1NC(=O)C(=O)N1CCN(C(=O)c2ccco2)CC1. The summed E-state index contributed by atoms with van der Waals surface area (Å²) in [6.45, 7) is 1.02. The van der Waals surface area contributed by atoms with Crippen LogP contribution in [0.25, 0.3) is 0 Å². The smallest absolute Gasteiger partial charge is 0.339 e. The Kier molecular flexibility index (Phi) is 5.73. The van der Waals surface area contributed by atoms with Crippen LogP contribution in [0.2, 0.25) is 0 Å². The lowest BCUT2D eigenvalue weighted by atomic mass is 10.1. The highest BCUT2D eigenvalue weighted by atomic mass is 16.5. The Bertz CT molecular complexity index is 885. The summed E-state index contributed by atoms with van der Waals surface area (Å²) >= 11 is 0. The Labute approximate surface area is 160 Å². The summed E-state index contributed by atoms with van der Waals surface area (Å²) in [5, 5.41) is 2.45. The summed E-state index contributed by atoms with van der Waals surface area (Å²) in [5.74, 6) is -2.23. The molecule has 0 unspecified atom stereocenters. The average molecular weight is 385 g/mol. The zero-order valence-corrected chi connectivity index (χ0v) is 15.2. The Hall–Kier alpha value is -3.62. The molecule has 3 rings (SSSR count). The molecule has 1 aromatic heterocycles. The predicted octanol–water partition coefficient (Wildman–Crippen LogP) is 0.989. The van der Waals surface area contributed by atoms with E-state index in [4.69, 9.17) is 4.42 Å². The van der Waals surface area contributed by atoms with Gasteiger partial charge in [-0.1, -0.05) is 12.1 Å². The Morgan fingerprint density at radius 2 is 1.64 bits per heavy atom. The molecule has 0 atom stereocenters. The number of para-hydroxylation sites is 1. The molecule has 1 aliphatic rings. The molecule has 3 amide bonds. The van der Waals surface area contributed by atoms with Crippen LogP contribution in [-0.2, 0) is 14.3 Å². The molecule has 9 heteroatoms. The predicted molar refractivity (Wildman–Crippen MR) is 97.6 cm³/mol. The van der Waals surface area contributed by atoms with Crippen LogP contribution in [0, 0.1) is 0 Å². The minimum Gasteiger partial charge on any atom is -0.465 e. The number of esters is 1. The van der Waals surface area contributed by atoms with E-state index in [-0.39, 0.29) is 49.1 Å². The molecule has 1 N–H and O–H groups in total. The molecule has 0 saturated carbocycles. The fraction of sp³-hybridized carbons (Fsp3) is 0.263. The number of nitrogens with zero attached hydrogens (tertiary/aromatic N) is 2. The van der Waals surface area contributed by atoms with Gasteiger partial charge in [0, 0.05) is 26.2 Å². The summed E-state index contributed by atoms with van der Waals surface area (Å²) in [6.07, 6.45) is 1.42. The second-order valence-electron chi connectivity index (χ2n) is 6.05. The summed E-state index contributed by atoms with van der Waals surface area (Å²) in [7, 11) is 1.23. The van der Waals surface area contributed by atoms with Gasteiger partial charge >= 0.3 is 17.8 Å². The number of anilines is 1. The molecule has 1 aromatic carbocycles. The number of furan rings is 1. The van der Waals surface area contributed by atoms with Crippen molar-refractivity contribution in [2.75, 3.05) is 38.6 Å². The van der Waals surface area contributed by atoms with Crippen LogP contribution in [0.1, 0.15) is 20.9 Å². The molecule has 0 spiro atoms. The van der Waals surface area contributed by atoms with Crippen molar-refractivity contribution < 1.29 is 28.3 Å². The maximum Gasteiger partial charge on any atom is 0.339 e. The maximum absolute atomic E-state index is 12.4. The van der Waals surface area contributed by atoms with Crippen LogP contribution in [0.4, 0.5) is 5.69 Å². The van der Waals surface area contributed by atoms with Gasteiger partial charge in [0.15, 0.2) is 5.76 Å². The van der Waals surface area contributed by atoms with E-state index in [0.29, 0.717) is 0 Å². The van der Waals surface area contributed by atoms with Crippen molar-refractivity contribution in [1.29, 1.82) is 0 Å². The number of amides is 3. The van der Waals surface area contributed by atoms with E-state index >= 15 is 0 Å². The molecule has 2 heterocycles. The maximum atomic E-state index is 12.4. The summed E-state index contributed by atoms with van der Waals surface area (Å²) < 4.78 is 9.76. The summed E-state index contributed by atoms with van der Waals surface area (Å²) in [6, 6.07) is 9.46. The van der Waals surface area contributed by atoms with E-state index in [1.165, 1.54) is 30.4 Å². The minimum atomic E-state index is -0.859. The van der Waals surface area contributed by atoms with Crippen molar-refractivity contribution >= 4 is 29.4 Å². The number of carbonyl (C=O) groups is 4. The Morgan fingerprint density at radius 1 is 0.964 bits per heavy atom. The number of methoxy groups -OCH3 is 1. The van der Waals surface area contributed by atoms with Gasteiger partial charge in [-0.15, -0.1) is 0 Å². The molecular weight excluding hydrogens is 366 g/mol. The van der Waals surface area contributed by atoms with Crippen LogP contribution in [0.5, 0.6) is 0 Å². The van der Waals surface area contributed by atoms with Crippen molar-refractivity contribution in [2.45, 2.75) is 0 Å². The third kappa shape index (κ3) is 4.03. The molecular formula is C19H19N3O6. The molecule has 0 bridgehead atoms. The second kappa shape index (κ2) is 8.38. The average Bonchev–Trinajstić information content (AvgIpc) is 3.27. The fourth-order valence-corrected chi connectivity index (χ4v) is 2.87. The molecule has 146 valence electrons. The highest BCUT2D eigenvalue weighted by Crippen LogP contribution is 2.16. The van der Waals surface area contributed by atoms with Crippen molar-refractivity contribution in [1.82, 2.24) is 9.80 Å². The van der Waals surface area contributed by atoms with Gasteiger partial charge in [0.05, 0.1) is 24.6 Å². The molecule has 1 aliphatic heterocycles. The first kappa shape index (κ1) is 19.2. The van der Waals surface area contributed by atoms with Gasteiger partial charge in [-0.3, -0.25) is 14.4 Å². The number of nitrogens with one attached hydrogen (secondary N) is 1. The van der Waals surface area contributed by atoms with E-state index in [1.54, 1.807) is 29.2 Å². The zero-order valence-electron chi connectivity index (χ0n) is 15.2. The number of benzene rings is 1. The first-order valence-corrected chi connectivity index (χ1v) is 8.61. The summed E-state index contributed by atoms with van der Waals surface area (Å²) in [5.41, 5.74) is 0.347. The van der Waals surface area contributed by atoms with Gasteiger partial charge in [0.2, 0.25) is 0 Å². The van der Waals surface area contributed by atoms with Gasteiger partial charge in [-0.25, -0.2) is 4.79 Å². The largest absolute Gasteiger partial charge is 0.465 e. The molecule has 9 nitrogen and oxygen atoms in total. The lowest BCUT2D eigenvalue weighted by Gasteiger charge is -2.33. The van der Waals surface area contributed by atoms with E-state index in [1.807, 2.05) is 0 Å². The topological polar surface area (TPSA) is 109 Å². The molecule has 1 fully saturated rings. The number of hydrogen-bond donors (Lipinski definition) is 1. The first-order chi connectivity index (χ1) is 13.5. The van der Waals surface area contributed by atoms with E-state index in [9.17, 15) is 19.2 Å². The van der Waals surface area contributed by atoms with Crippen LogP contribution >= 0.6 is 0 Å². The van der Waals surface area contributed by atoms with Crippen LogP contribution in [-0.4, -0.2) is 66.8 Å². The third-order valence-corrected chi connectivity index (χ3v) is 4.36. The Balaban J connectivity index is 1.59. The third-order valence-electron chi connectivity index (χ3n) is 4.36. The van der Waals surface area contributed by atoms with Crippen LogP contribution in [0.15, 0.2) is 47.1 Å². The number of rotatable bonds is 3. The van der Waals surface area contributed by atoms with Gasteiger partial charge in [0.25, 0.3) is 5.91 Å². The number of ether oxygens (including phenoxy) is 1. The number of hydrogen-bond acceptors (Lipinski definition) is 6. The molecule has 0 radical (unpaired) electrons. The second-order valence-corrected chi connectivity index (χ2v) is 6.05. The van der Waals surface area contributed by atoms with Crippen molar-refractivity contribution in [3.8, 4) is 0 Å². The lowest BCUT2D eigenvalue weighted by Crippen LogP contribution is -2.53. The standard InChI is InChI=1S/C19H19N3O6/c1-27-19(26)13-5-2-3-6-14(13)20-16(23)18(25)22-10-8-21(9-11-22)17(24)15-7-4-12-28-15/h2-7,12H,8-11H2,1H3,(H,20,23). The molecule has 0 aliphatic carbocycles. The van der Waals surface area contributed by atoms with Crippen molar-refractivity contribution in [3.63, 3.8) is 0 Å². The van der Waals surface area contributed by atoms with Crippen molar-refractivity contribution in [2.24, 2.45) is 0 Å². The molecule has 2 aromatic rings. The van der Waals surface area contributed by atoms with E-state index in [0.717, 1.165) is 0 Å². The highest BCUT2D eigenvalue weighted by Gasteiger charge is 2.29. The molecule has 28 heavy (non-hydrogen) atoms. The zero-order chi connectivity index (χ0) is 20.1. The monoisotopic (exact) mass is 385 g/mol. The van der Waals surface area contributed by atoms with Crippen LogP contribution < -0.4 is 5.32 Å².